The molecule has 0 aliphatic carbocycles. The molecule has 3 nitrogen and oxygen atoms in total. The first-order chi connectivity index (χ1) is 12.2. The molecule has 0 radical (unpaired) electrons. The Morgan fingerprint density at radius 3 is 2.44 bits per heavy atom. The van der Waals surface area contributed by atoms with Gasteiger partial charge in [-0.25, -0.2) is 0 Å². The minimum atomic E-state index is -0.112. The Morgan fingerprint density at radius 2 is 1.60 bits per heavy atom. The van der Waals surface area contributed by atoms with Gasteiger partial charge in [0.1, 0.15) is 0 Å². The van der Waals surface area contributed by atoms with Crippen LogP contribution in [0.1, 0.15) is 23.2 Å². The number of anilines is 2. The van der Waals surface area contributed by atoms with Crippen molar-refractivity contribution in [2.24, 2.45) is 0 Å². The molecule has 1 fully saturated rings. The Morgan fingerprint density at radius 1 is 0.880 bits per heavy atom. The largest absolute Gasteiger partial charge is 0.370 e. The highest BCUT2D eigenvalue weighted by atomic mass is 35.5. The lowest BCUT2D eigenvalue weighted by Crippen LogP contribution is -2.21. The zero-order chi connectivity index (χ0) is 17.2. The number of amides is 1. The third-order valence-corrected chi connectivity index (χ3v) is 5.04. The normalized spacial score (nSPS) is 14.0. The third kappa shape index (κ3) is 3.08. The van der Waals surface area contributed by atoms with Crippen molar-refractivity contribution < 1.29 is 4.79 Å². The SMILES string of the molecule is O=C(Nc1ccccc1N1CCCC1)c1cccc2c(Cl)cccc12. The fraction of sp³-hybridized carbons (Fsp3) is 0.190. The van der Waals surface area contributed by atoms with Crippen molar-refractivity contribution in [1.29, 1.82) is 0 Å². The van der Waals surface area contributed by atoms with Crippen molar-refractivity contribution >= 4 is 39.7 Å². The van der Waals surface area contributed by atoms with Gasteiger partial charge in [0, 0.05) is 29.1 Å². The fourth-order valence-electron chi connectivity index (χ4n) is 3.47. The maximum absolute atomic E-state index is 12.9. The molecule has 0 atom stereocenters. The number of para-hydroxylation sites is 2. The molecule has 0 saturated carbocycles. The maximum Gasteiger partial charge on any atom is 0.256 e. The summed E-state index contributed by atoms with van der Waals surface area (Å²) in [6.07, 6.45) is 2.40. The first-order valence-corrected chi connectivity index (χ1v) is 8.94. The number of hydrogen-bond donors (Lipinski definition) is 1. The molecule has 1 aliphatic heterocycles. The number of halogens is 1. The van der Waals surface area contributed by atoms with Crippen molar-refractivity contribution in [3.8, 4) is 0 Å². The van der Waals surface area contributed by atoms with Gasteiger partial charge in [-0.15, -0.1) is 0 Å². The first-order valence-electron chi connectivity index (χ1n) is 8.56. The second-order valence-electron chi connectivity index (χ2n) is 6.31. The van der Waals surface area contributed by atoms with Crippen LogP contribution in [-0.4, -0.2) is 19.0 Å². The van der Waals surface area contributed by atoms with Crippen molar-refractivity contribution in [3.63, 3.8) is 0 Å². The van der Waals surface area contributed by atoms with Gasteiger partial charge in [0.05, 0.1) is 11.4 Å². The van der Waals surface area contributed by atoms with Crippen LogP contribution in [0.5, 0.6) is 0 Å². The number of carbonyl (C=O) groups is 1. The Bertz CT molecular complexity index is 932. The van der Waals surface area contributed by atoms with E-state index in [-0.39, 0.29) is 5.91 Å². The standard InChI is InChI=1S/C21H19ClN2O/c22-18-10-6-7-15-16(18)8-5-9-17(15)21(25)23-19-11-1-2-12-20(19)24-13-3-4-14-24/h1-2,5-12H,3-4,13-14H2,(H,23,25). The summed E-state index contributed by atoms with van der Waals surface area (Å²) < 4.78 is 0. The van der Waals surface area contributed by atoms with Crippen LogP contribution >= 0.6 is 11.6 Å². The topological polar surface area (TPSA) is 32.3 Å². The van der Waals surface area contributed by atoms with E-state index >= 15 is 0 Å². The van der Waals surface area contributed by atoms with Crippen molar-refractivity contribution in [3.05, 3.63) is 71.2 Å². The van der Waals surface area contributed by atoms with Crippen LogP contribution in [0.4, 0.5) is 11.4 Å². The van der Waals surface area contributed by atoms with Crippen LogP contribution in [0.2, 0.25) is 5.02 Å². The number of nitrogens with one attached hydrogen (secondary N) is 1. The minimum Gasteiger partial charge on any atom is -0.370 e. The quantitative estimate of drug-likeness (QED) is 0.691. The molecule has 0 aromatic heterocycles. The van der Waals surface area contributed by atoms with E-state index in [0.29, 0.717) is 10.6 Å². The molecule has 25 heavy (non-hydrogen) atoms. The molecule has 0 spiro atoms. The monoisotopic (exact) mass is 350 g/mol. The number of carbonyl (C=O) groups excluding carboxylic acids is 1. The molecule has 1 saturated heterocycles. The second-order valence-corrected chi connectivity index (χ2v) is 6.71. The highest BCUT2D eigenvalue weighted by Crippen LogP contribution is 2.30. The molecule has 1 amide bonds. The van der Waals surface area contributed by atoms with Gasteiger partial charge in [-0.3, -0.25) is 4.79 Å². The molecular weight excluding hydrogens is 332 g/mol. The molecule has 1 aliphatic rings. The predicted molar refractivity (Wildman–Crippen MR) is 105 cm³/mol. The summed E-state index contributed by atoms with van der Waals surface area (Å²) in [5.74, 6) is -0.112. The van der Waals surface area contributed by atoms with Gasteiger partial charge >= 0.3 is 0 Å². The molecule has 1 heterocycles. The van der Waals surface area contributed by atoms with E-state index in [1.54, 1.807) is 0 Å². The highest BCUT2D eigenvalue weighted by Gasteiger charge is 2.18. The van der Waals surface area contributed by atoms with Crippen molar-refractivity contribution in [1.82, 2.24) is 0 Å². The minimum absolute atomic E-state index is 0.112. The van der Waals surface area contributed by atoms with Gasteiger partial charge in [0.25, 0.3) is 5.91 Å². The first kappa shape index (κ1) is 16.0. The predicted octanol–water partition coefficient (Wildman–Crippen LogP) is 5.35. The molecule has 3 aromatic carbocycles. The van der Waals surface area contributed by atoms with Gasteiger partial charge in [-0.05, 0) is 42.5 Å². The lowest BCUT2D eigenvalue weighted by Gasteiger charge is -2.21. The van der Waals surface area contributed by atoms with Crippen LogP contribution in [0.15, 0.2) is 60.7 Å². The van der Waals surface area contributed by atoms with Crippen LogP contribution in [0.3, 0.4) is 0 Å². The lowest BCUT2D eigenvalue weighted by molar-refractivity contribution is 0.102. The van der Waals surface area contributed by atoms with Gasteiger partial charge in [0.2, 0.25) is 0 Å². The number of hydrogen-bond acceptors (Lipinski definition) is 2. The lowest BCUT2D eigenvalue weighted by atomic mass is 10.0. The van der Waals surface area contributed by atoms with Crippen LogP contribution in [0, 0.1) is 0 Å². The van der Waals surface area contributed by atoms with E-state index in [9.17, 15) is 4.79 Å². The smallest absolute Gasteiger partial charge is 0.256 e. The van der Waals surface area contributed by atoms with E-state index < -0.39 is 0 Å². The number of benzene rings is 3. The number of nitrogens with zero attached hydrogens (tertiary/aromatic N) is 1. The van der Waals surface area contributed by atoms with E-state index in [4.69, 9.17) is 11.6 Å². The molecule has 0 unspecified atom stereocenters. The zero-order valence-electron chi connectivity index (χ0n) is 13.8. The van der Waals surface area contributed by atoms with E-state index in [1.165, 1.54) is 12.8 Å². The average molecular weight is 351 g/mol. The van der Waals surface area contributed by atoms with Gasteiger partial charge in [-0.1, -0.05) is 48.0 Å². The van der Waals surface area contributed by atoms with Gasteiger partial charge in [-0.2, -0.15) is 0 Å². The molecule has 4 heteroatoms. The molecule has 126 valence electrons. The summed E-state index contributed by atoms with van der Waals surface area (Å²) in [5.41, 5.74) is 2.58. The van der Waals surface area contributed by atoms with Crippen LogP contribution in [-0.2, 0) is 0 Å². The van der Waals surface area contributed by atoms with E-state index in [2.05, 4.69) is 16.3 Å². The van der Waals surface area contributed by atoms with Gasteiger partial charge < -0.3 is 10.2 Å². The summed E-state index contributed by atoms with van der Waals surface area (Å²) in [6, 6.07) is 19.3. The van der Waals surface area contributed by atoms with E-state index in [1.807, 2.05) is 54.6 Å². The summed E-state index contributed by atoms with van der Waals surface area (Å²) >= 11 is 6.27. The Kier molecular flexibility index (Phi) is 4.33. The highest BCUT2D eigenvalue weighted by molar-refractivity contribution is 6.36. The number of fused-ring (bicyclic) bond motifs is 1. The molecular formula is C21H19ClN2O. The molecule has 1 N–H and O–H groups in total. The Balaban J connectivity index is 1.69. The molecule has 0 bridgehead atoms. The van der Waals surface area contributed by atoms with Crippen LogP contribution in [0.25, 0.3) is 10.8 Å². The van der Waals surface area contributed by atoms with Crippen molar-refractivity contribution in [2.45, 2.75) is 12.8 Å². The van der Waals surface area contributed by atoms with Gasteiger partial charge in [0.15, 0.2) is 0 Å². The summed E-state index contributed by atoms with van der Waals surface area (Å²) in [4.78, 5) is 15.3. The Labute approximate surface area is 152 Å². The summed E-state index contributed by atoms with van der Waals surface area (Å²) in [7, 11) is 0. The maximum atomic E-state index is 12.9. The number of rotatable bonds is 3. The zero-order valence-corrected chi connectivity index (χ0v) is 14.6. The second kappa shape index (κ2) is 6.77. The molecule has 4 rings (SSSR count). The Hall–Kier alpha value is -2.52. The fourth-order valence-corrected chi connectivity index (χ4v) is 3.71. The van der Waals surface area contributed by atoms with Crippen LogP contribution < -0.4 is 10.2 Å². The average Bonchev–Trinajstić information content (AvgIpc) is 3.16. The van der Waals surface area contributed by atoms with Crippen molar-refractivity contribution in [2.75, 3.05) is 23.3 Å². The molecule has 3 aromatic rings. The third-order valence-electron chi connectivity index (χ3n) is 4.71. The summed E-state index contributed by atoms with van der Waals surface area (Å²) in [6.45, 7) is 2.08. The summed E-state index contributed by atoms with van der Waals surface area (Å²) in [5, 5.41) is 5.51. The van der Waals surface area contributed by atoms with E-state index in [0.717, 1.165) is 35.2 Å².